The predicted octanol–water partition coefficient (Wildman–Crippen LogP) is 4.61. The van der Waals surface area contributed by atoms with Crippen LogP contribution in [0.15, 0.2) is 36.8 Å². The number of aromatic amines is 1. The van der Waals surface area contributed by atoms with Gasteiger partial charge in [0.15, 0.2) is 0 Å². The fourth-order valence-corrected chi connectivity index (χ4v) is 3.93. The monoisotopic (exact) mass is 438 g/mol. The largest absolute Gasteiger partial charge is 0.401 e. The van der Waals surface area contributed by atoms with Gasteiger partial charge in [0.2, 0.25) is 0 Å². The minimum atomic E-state index is -4.23. The zero-order valence-corrected chi connectivity index (χ0v) is 16.4. The van der Waals surface area contributed by atoms with Crippen molar-refractivity contribution in [1.82, 2.24) is 19.9 Å². The first kappa shape index (κ1) is 20.4. The molecule has 0 aliphatic carbocycles. The Bertz CT molecular complexity index is 1070. The highest BCUT2D eigenvalue weighted by atomic mass is 35.5. The van der Waals surface area contributed by atoms with E-state index in [-0.39, 0.29) is 12.5 Å². The molecule has 3 aromatic heterocycles. The van der Waals surface area contributed by atoms with Gasteiger partial charge in [0.25, 0.3) is 0 Å². The molecule has 0 saturated carbocycles. The van der Waals surface area contributed by atoms with Crippen LogP contribution < -0.4 is 10.6 Å². The summed E-state index contributed by atoms with van der Waals surface area (Å²) in [6.45, 7) is -0.361. The van der Waals surface area contributed by atoms with Gasteiger partial charge in [-0.05, 0) is 31.2 Å². The molecule has 2 amide bonds. The van der Waals surface area contributed by atoms with Gasteiger partial charge in [-0.2, -0.15) is 13.2 Å². The van der Waals surface area contributed by atoms with Crippen molar-refractivity contribution in [1.29, 1.82) is 0 Å². The third-order valence-electron chi connectivity index (χ3n) is 4.87. The van der Waals surface area contributed by atoms with E-state index in [0.717, 1.165) is 5.52 Å². The first-order chi connectivity index (χ1) is 14.3. The van der Waals surface area contributed by atoms with E-state index in [2.05, 4.69) is 25.6 Å². The molecule has 158 valence electrons. The Hall–Kier alpha value is -2.85. The van der Waals surface area contributed by atoms with Gasteiger partial charge in [-0.15, -0.1) is 0 Å². The topological polar surface area (TPSA) is 85.9 Å². The van der Waals surface area contributed by atoms with Gasteiger partial charge in [-0.3, -0.25) is 14.9 Å². The molecule has 30 heavy (non-hydrogen) atoms. The van der Waals surface area contributed by atoms with Crippen LogP contribution in [0.5, 0.6) is 0 Å². The van der Waals surface area contributed by atoms with Crippen LogP contribution in [0.25, 0.3) is 11.0 Å². The maximum absolute atomic E-state index is 12.6. The van der Waals surface area contributed by atoms with E-state index in [1.165, 1.54) is 11.1 Å². The quantitative estimate of drug-likeness (QED) is 0.555. The number of hydrogen-bond acceptors (Lipinski definition) is 4. The lowest BCUT2D eigenvalue weighted by atomic mass is 10.0. The van der Waals surface area contributed by atoms with Gasteiger partial charge in [0.1, 0.15) is 5.52 Å². The molecule has 1 aliphatic heterocycles. The number of fused-ring (bicyclic) bond motifs is 1. The van der Waals surface area contributed by atoms with Gasteiger partial charge >= 0.3 is 12.2 Å². The van der Waals surface area contributed by atoms with E-state index in [0.29, 0.717) is 40.6 Å². The summed E-state index contributed by atoms with van der Waals surface area (Å²) in [6.07, 6.45) is 1.02. The van der Waals surface area contributed by atoms with E-state index >= 15 is 0 Å². The number of urea groups is 1. The summed E-state index contributed by atoms with van der Waals surface area (Å²) in [5.41, 5.74) is 2.85. The van der Waals surface area contributed by atoms with Gasteiger partial charge < -0.3 is 15.6 Å². The van der Waals surface area contributed by atoms with E-state index in [1.54, 1.807) is 24.5 Å². The molecule has 7 nitrogen and oxygen atoms in total. The van der Waals surface area contributed by atoms with Crippen LogP contribution in [0.2, 0.25) is 5.02 Å². The number of H-pyrrole nitrogens is 1. The number of pyridine rings is 2. The number of halogens is 4. The fraction of sp³-hybridized carbons (Fsp3) is 0.316. The summed E-state index contributed by atoms with van der Waals surface area (Å²) in [5.74, 6) is -0.181. The third-order valence-corrected chi connectivity index (χ3v) is 5.18. The maximum Gasteiger partial charge on any atom is 0.401 e. The van der Waals surface area contributed by atoms with E-state index < -0.39 is 18.8 Å². The Morgan fingerprint density at radius 3 is 2.93 bits per heavy atom. The third kappa shape index (κ3) is 4.65. The van der Waals surface area contributed by atoms with Crippen LogP contribution in [0.4, 0.5) is 29.3 Å². The Morgan fingerprint density at radius 1 is 1.33 bits per heavy atom. The average Bonchev–Trinajstić information content (AvgIpc) is 3.28. The first-order valence-corrected chi connectivity index (χ1v) is 9.61. The van der Waals surface area contributed by atoms with Crippen LogP contribution in [0, 0.1) is 0 Å². The fourth-order valence-electron chi connectivity index (χ4n) is 3.60. The second-order valence-electron chi connectivity index (χ2n) is 7.11. The van der Waals surface area contributed by atoms with Gasteiger partial charge in [-0.1, -0.05) is 11.6 Å². The number of hydrogen-bond donors (Lipinski definition) is 3. The Balaban J connectivity index is 1.39. The summed E-state index contributed by atoms with van der Waals surface area (Å²) in [5, 5.41) is 5.65. The van der Waals surface area contributed by atoms with E-state index in [1.807, 2.05) is 6.07 Å². The molecule has 3 aromatic rings. The SMILES string of the molecule is O=C(Nc1cnc(C2CCN(CC(F)(F)F)C2)c(Cl)c1)Nc1c[nH]c2cccnc12. The summed E-state index contributed by atoms with van der Waals surface area (Å²) in [6, 6.07) is 4.67. The molecule has 1 fully saturated rings. The van der Waals surface area contributed by atoms with Crippen LogP contribution in [0.1, 0.15) is 18.0 Å². The average molecular weight is 439 g/mol. The molecule has 1 atom stereocenters. The van der Waals surface area contributed by atoms with Crippen molar-refractivity contribution in [3.63, 3.8) is 0 Å². The molecule has 1 saturated heterocycles. The number of carbonyl (C=O) groups excluding carboxylic acids is 1. The molecule has 0 aromatic carbocycles. The molecule has 4 rings (SSSR count). The van der Waals surface area contributed by atoms with Crippen LogP contribution in [0.3, 0.4) is 0 Å². The maximum atomic E-state index is 12.6. The zero-order valence-electron chi connectivity index (χ0n) is 15.6. The highest BCUT2D eigenvalue weighted by Crippen LogP contribution is 2.33. The van der Waals surface area contributed by atoms with Crippen molar-refractivity contribution in [3.8, 4) is 0 Å². The molecular formula is C19H18ClF3N6O. The molecule has 4 heterocycles. The second-order valence-corrected chi connectivity index (χ2v) is 7.52. The molecule has 0 radical (unpaired) electrons. The van der Waals surface area contributed by atoms with Crippen molar-refractivity contribution in [3.05, 3.63) is 47.5 Å². The van der Waals surface area contributed by atoms with Crippen molar-refractivity contribution in [2.24, 2.45) is 0 Å². The van der Waals surface area contributed by atoms with Crippen LogP contribution in [-0.2, 0) is 0 Å². The molecule has 11 heteroatoms. The smallest absolute Gasteiger partial charge is 0.358 e. The van der Waals surface area contributed by atoms with Crippen LogP contribution in [-0.4, -0.2) is 51.7 Å². The summed E-state index contributed by atoms with van der Waals surface area (Å²) < 4.78 is 37.7. The molecule has 3 N–H and O–H groups in total. The highest BCUT2D eigenvalue weighted by molar-refractivity contribution is 6.31. The number of rotatable bonds is 4. The lowest BCUT2D eigenvalue weighted by molar-refractivity contribution is -0.143. The zero-order chi connectivity index (χ0) is 21.3. The molecule has 0 spiro atoms. The normalized spacial score (nSPS) is 17.4. The van der Waals surface area contributed by atoms with Crippen LogP contribution >= 0.6 is 11.6 Å². The molecule has 1 aliphatic rings. The summed E-state index contributed by atoms with van der Waals surface area (Å²) >= 11 is 6.30. The number of amides is 2. The number of aromatic nitrogens is 3. The number of nitrogens with zero attached hydrogens (tertiary/aromatic N) is 3. The first-order valence-electron chi connectivity index (χ1n) is 9.23. The molecular weight excluding hydrogens is 421 g/mol. The minimum absolute atomic E-state index is 0.181. The van der Waals surface area contributed by atoms with E-state index in [4.69, 9.17) is 11.6 Å². The Morgan fingerprint density at radius 2 is 2.17 bits per heavy atom. The second kappa shape index (κ2) is 8.11. The van der Waals surface area contributed by atoms with E-state index in [9.17, 15) is 18.0 Å². The van der Waals surface area contributed by atoms with Gasteiger partial charge in [0.05, 0.1) is 40.3 Å². The lowest BCUT2D eigenvalue weighted by Crippen LogP contribution is -2.32. The van der Waals surface area contributed by atoms with Crippen molar-refractivity contribution < 1.29 is 18.0 Å². The summed E-state index contributed by atoms with van der Waals surface area (Å²) in [4.78, 5) is 25.2. The standard InChI is InChI=1S/C19H18ClF3N6O/c20-13-6-12(7-26-16(13)11-3-5-29(9-11)10-19(21,22)23)27-18(30)28-15-8-25-14-2-1-4-24-17(14)15/h1-2,4,6-8,11,25H,3,5,9-10H2,(H2,27,28,30). The van der Waals surface area contributed by atoms with Gasteiger partial charge in [0, 0.05) is 24.9 Å². The number of anilines is 2. The number of likely N-dealkylation sites (tertiary alicyclic amines) is 1. The predicted molar refractivity (Wildman–Crippen MR) is 108 cm³/mol. The van der Waals surface area contributed by atoms with Crippen molar-refractivity contribution in [2.45, 2.75) is 18.5 Å². The van der Waals surface area contributed by atoms with Gasteiger partial charge in [-0.25, -0.2) is 4.79 Å². The highest BCUT2D eigenvalue weighted by Gasteiger charge is 2.35. The van der Waals surface area contributed by atoms with Crippen molar-refractivity contribution in [2.75, 3.05) is 30.3 Å². The minimum Gasteiger partial charge on any atom is -0.358 e. The Kier molecular flexibility index (Phi) is 5.52. The number of nitrogens with one attached hydrogen (secondary N) is 3. The van der Waals surface area contributed by atoms with Crippen molar-refractivity contribution >= 4 is 40.0 Å². The number of alkyl halides is 3. The number of carbonyl (C=O) groups is 1. The summed E-state index contributed by atoms with van der Waals surface area (Å²) in [7, 11) is 0. The Labute approximate surface area is 174 Å². The molecule has 0 bridgehead atoms. The lowest BCUT2D eigenvalue weighted by Gasteiger charge is -2.18. The molecule has 1 unspecified atom stereocenters.